The van der Waals surface area contributed by atoms with Crippen LogP contribution in [0.5, 0.6) is 5.75 Å². The number of H-pyrrole nitrogens is 1. The van der Waals surface area contributed by atoms with Crippen LogP contribution in [0.3, 0.4) is 0 Å². The molecule has 0 aliphatic carbocycles. The summed E-state index contributed by atoms with van der Waals surface area (Å²) in [7, 11) is 1.66. The number of nitrogens with two attached hydrogens (primary N) is 1. The highest BCUT2D eigenvalue weighted by Gasteiger charge is 2.22. The van der Waals surface area contributed by atoms with E-state index >= 15 is 0 Å². The lowest BCUT2D eigenvalue weighted by Gasteiger charge is -2.19. The second-order valence-electron chi connectivity index (χ2n) is 4.93. The number of primary amides is 1. The molecule has 0 unspecified atom stereocenters. The van der Waals surface area contributed by atoms with Crippen LogP contribution < -0.4 is 15.8 Å². The Balaban J connectivity index is 2.25. The van der Waals surface area contributed by atoms with Crippen molar-refractivity contribution in [2.75, 3.05) is 13.7 Å². The zero-order valence-corrected chi connectivity index (χ0v) is 11.5. The minimum absolute atomic E-state index is 0.406. The molecule has 3 rings (SSSR count). The lowest BCUT2D eigenvalue weighted by atomic mass is 10.00. The number of carbonyl (C=O) groups excluding carboxylic acids is 1. The normalized spacial score (nSPS) is 16.5. The number of carbonyl (C=O) groups is 1. The van der Waals surface area contributed by atoms with E-state index < -0.39 is 5.91 Å². The van der Waals surface area contributed by atoms with Crippen LogP contribution in [-0.2, 0) is 11.2 Å². The molecule has 1 amide bonds. The minimum Gasteiger partial charge on any atom is -0.497 e. The van der Waals surface area contributed by atoms with Gasteiger partial charge in [0, 0.05) is 23.0 Å². The summed E-state index contributed by atoms with van der Waals surface area (Å²) in [6.07, 6.45) is 0.901. The van der Waals surface area contributed by atoms with Crippen LogP contribution in [0.15, 0.2) is 23.8 Å². The molecule has 5 heteroatoms. The van der Waals surface area contributed by atoms with Gasteiger partial charge in [0.2, 0.25) is 5.91 Å². The van der Waals surface area contributed by atoms with E-state index in [4.69, 9.17) is 10.5 Å². The zero-order valence-electron chi connectivity index (χ0n) is 11.5. The molecule has 1 aliphatic rings. The van der Waals surface area contributed by atoms with Gasteiger partial charge >= 0.3 is 0 Å². The number of methoxy groups -OCH3 is 1. The monoisotopic (exact) mass is 271 g/mol. The van der Waals surface area contributed by atoms with Crippen LogP contribution >= 0.6 is 0 Å². The summed E-state index contributed by atoms with van der Waals surface area (Å²) in [5.74, 6) is 0.423. The van der Waals surface area contributed by atoms with Gasteiger partial charge in [-0.05, 0) is 37.1 Å². The Labute approximate surface area is 116 Å². The van der Waals surface area contributed by atoms with Crippen molar-refractivity contribution in [3.8, 4) is 5.75 Å². The second-order valence-corrected chi connectivity index (χ2v) is 4.93. The molecule has 2 heterocycles. The first kappa shape index (κ1) is 12.6. The van der Waals surface area contributed by atoms with E-state index in [1.54, 1.807) is 14.0 Å². The third kappa shape index (κ3) is 1.82. The van der Waals surface area contributed by atoms with Crippen molar-refractivity contribution in [3.05, 3.63) is 35.0 Å². The molecule has 0 saturated heterocycles. The number of aromatic amines is 1. The summed E-state index contributed by atoms with van der Waals surface area (Å²) in [5.41, 5.74) is 9.93. The second kappa shape index (κ2) is 4.59. The van der Waals surface area contributed by atoms with Crippen LogP contribution in [0.2, 0.25) is 0 Å². The molecule has 0 atom stereocenters. The first-order chi connectivity index (χ1) is 9.61. The number of amides is 1. The predicted molar refractivity (Wildman–Crippen MR) is 78.3 cm³/mol. The van der Waals surface area contributed by atoms with Gasteiger partial charge in [0.05, 0.1) is 18.5 Å². The average molecular weight is 271 g/mol. The molecule has 0 spiro atoms. The lowest BCUT2D eigenvalue weighted by molar-refractivity contribution is -0.114. The molecule has 0 fully saturated rings. The van der Waals surface area contributed by atoms with Crippen molar-refractivity contribution in [3.63, 3.8) is 0 Å². The van der Waals surface area contributed by atoms with Crippen LogP contribution in [0.1, 0.15) is 18.2 Å². The molecule has 0 radical (unpaired) electrons. The Morgan fingerprint density at radius 3 is 2.90 bits per heavy atom. The van der Waals surface area contributed by atoms with E-state index in [1.807, 2.05) is 18.2 Å². The Morgan fingerprint density at radius 1 is 1.40 bits per heavy atom. The van der Waals surface area contributed by atoms with Gasteiger partial charge in [-0.15, -0.1) is 0 Å². The van der Waals surface area contributed by atoms with E-state index in [2.05, 4.69) is 10.3 Å². The number of nitrogens with one attached hydrogen (secondary N) is 2. The van der Waals surface area contributed by atoms with Gasteiger partial charge < -0.3 is 20.8 Å². The first-order valence-corrected chi connectivity index (χ1v) is 6.55. The first-order valence-electron chi connectivity index (χ1n) is 6.55. The highest BCUT2D eigenvalue weighted by atomic mass is 16.5. The van der Waals surface area contributed by atoms with Gasteiger partial charge in [0.1, 0.15) is 5.75 Å². The number of hydrogen-bond acceptors (Lipinski definition) is 3. The fraction of sp³-hybridized carbons (Fsp3) is 0.267. The van der Waals surface area contributed by atoms with Gasteiger partial charge in [-0.1, -0.05) is 0 Å². The molecule has 0 saturated carbocycles. The summed E-state index contributed by atoms with van der Waals surface area (Å²) in [6, 6.07) is 5.93. The molecular formula is C15H17N3O2. The van der Waals surface area contributed by atoms with E-state index in [-0.39, 0.29) is 0 Å². The highest BCUT2D eigenvalue weighted by Crippen LogP contribution is 2.32. The average Bonchev–Trinajstić information content (AvgIpc) is 2.83. The van der Waals surface area contributed by atoms with Crippen molar-refractivity contribution in [1.29, 1.82) is 0 Å². The van der Waals surface area contributed by atoms with Crippen LogP contribution in [-0.4, -0.2) is 24.5 Å². The lowest BCUT2D eigenvalue weighted by Crippen LogP contribution is -2.26. The van der Waals surface area contributed by atoms with E-state index in [0.29, 0.717) is 5.57 Å². The maximum Gasteiger partial charge on any atom is 0.246 e. The largest absolute Gasteiger partial charge is 0.497 e. The summed E-state index contributed by atoms with van der Waals surface area (Å²) in [6.45, 7) is 2.53. The van der Waals surface area contributed by atoms with Gasteiger partial charge in [-0.3, -0.25) is 4.79 Å². The number of benzene rings is 1. The highest BCUT2D eigenvalue weighted by molar-refractivity contribution is 6.01. The quantitative estimate of drug-likeness (QED) is 0.725. The van der Waals surface area contributed by atoms with Gasteiger partial charge in [-0.25, -0.2) is 0 Å². The maximum absolute atomic E-state index is 11.4. The third-order valence-electron chi connectivity index (χ3n) is 3.78. The molecule has 1 aromatic heterocycles. The van der Waals surface area contributed by atoms with E-state index in [9.17, 15) is 4.79 Å². The van der Waals surface area contributed by atoms with Crippen LogP contribution in [0, 0.1) is 0 Å². The van der Waals surface area contributed by atoms with Gasteiger partial charge in [-0.2, -0.15) is 0 Å². The fourth-order valence-corrected chi connectivity index (χ4v) is 2.67. The van der Waals surface area contributed by atoms with Crippen molar-refractivity contribution in [1.82, 2.24) is 10.3 Å². The Morgan fingerprint density at radius 2 is 2.20 bits per heavy atom. The summed E-state index contributed by atoms with van der Waals surface area (Å²) >= 11 is 0. The molecule has 0 bridgehead atoms. The molecular weight excluding hydrogens is 254 g/mol. The van der Waals surface area contributed by atoms with Crippen molar-refractivity contribution < 1.29 is 9.53 Å². The number of aromatic nitrogens is 1. The molecule has 1 aromatic carbocycles. The molecule has 1 aliphatic heterocycles. The van der Waals surface area contributed by atoms with Crippen LogP contribution in [0.25, 0.3) is 16.6 Å². The molecule has 2 aromatic rings. The SMILES string of the molecule is COc1ccc2[nH]c3c(c2c1)CCN/C3=C(/C)C(N)=O. The number of rotatable bonds is 2. The smallest absolute Gasteiger partial charge is 0.246 e. The van der Waals surface area contributed by atoms with Crippen molar-refractivity contribution in [2.24, 2.45) is 5.73 Å². The minimum atomic E-state index is -0.406. The van der Waals surface area contributed by atoms with E-state index in [0.717, 1.165) is 41.0 Å². The topological polar surface area (TPSA) is 80.1 Å². The molecule has 104 valence electrons. The van der Waals surface area contributed by atoms with Crippen molar-refractivity contribution >= 4 is 22.5 Å². The Bertz CT molecular complexity index is 728. The zero-order chi connectivity index (χ0) is 14.3. The van der Waals surface area contributed by atoms with Crippen molar-refractivity contribution in [2.45, 2.75) is 13.3 Å². The number of ether oxygens (including phenoxy) is 1. The predicted octanol–water partition coefficient (Wildman–Crippen LogP) is 1.54. The third-order valence-corrected chi connectivity index (χ3v) is 3.78. The summed E-state index contributed by atoms with van der Waals surface area (Å²) < 4.78 is 5.28. The number of hydrogen-bond donors (Lipinski definition) is 3. The van der Waals surface area contributed by atoms with Gasteiger partial charge in [0.25, 0.3) is 0 Å². The number of fused-ring (bicyclic) bond motifs is 3. The fourth-order valence-electron chi connectivity index (χ4n) is 2.67. The summed E-state index contributed by atoms with van der Waals surface area (Å²) in [5, 5.41) is 4.40. The Hall–Kier alpha value is -2.43. The maximum atomic E-state index is 11.4. The van der Waals surface area contributed by atoms with Crippen LogP contribution in [0.4, 0.5) is 0 Å². The molecule has 5 nitrogen and oxygen atoms in total. The molecule has 20 heavy (non-hydrogen) atoms. The standard InChI is InChI=1S/C15H17N3O2/c1-8(15(16)19)13-14-10(5-6-17-13)11-7-9(20-2)3-4-12(11)18-14/h3-4,7,17-18H,5-6H2,1-2H3,(H2,16,19)/b13-8-. The Kier molecular flexibility index (Phi) is 2.89. The van der Waals surface area contributed by atoms with E-state index in [1.165, 1.54) is 5.56 Å². The van der Waals surface area contributed by atoms with Gasteiger partial charge in [0.15, 0.2) is 0 Å². The molecule has 4 N–H and O–H groups in total. The summed E-state index contributed by atoms with van der Waals surface area (Å²) in [4.78, 5) is 14.8.